The SMILES string of the molecule is CC/C=C\C/C=C\C/C=C\C/C=C\CCCCC(=O)OC[C@H](COC(=O)CCCCCCCCCCCCC/C=C\CCCCCCCC)OC(=O)CCCCCCCCCCCCCCCCCCCCCCC. The predicted molar refractivity (Wildman–Crippen MR) is 325 cm³/mol. The van der Waals surface area contributed by atoms with Crippen molar-refractivity contribution in [1.82, 2.24) is 0 Å². The van der Waals surface area contributed by atoms with Crippen LogP contribution in [0.15, 0.2) is 60.8 Å². The lowest BCUT2D eigenvalue weighted by Crippen LogP contribution is -2.30. The van der Waals surface area contributed by atoms with Crippen LogP contribution in [-0.4, -0.2) is 37.2 Å². The largest absolute Gasteiger partial charge is 0.462 e. The van der Waals surface area contributed by atoms with Crippen molar-refractivity contribution in [1.29, 1.82) is 0 Å². The molecule has 0 aliphatic carbocycles. The fourth-order valence-corrected chi connectivity index (χ4v) is 9.61. The molecule has 6 nitrogen and oxygen atoms in total. The van der Waals surface area contributed by atoms with Gasteiger partial charge in [-0.25, -0.2) is 0 Å². The zero-order chi connectivity index (χ0) is 54.3. The molecule has 0 fully saturated rings. The first-order valence-electron chi connectivity index (χ1n) is 32.8. The number of ether oxygens (including phenoxy) is 3. The Morgan fingerprint density at radius 1 is 0.280 bits per heavy atom. The van der Waals surface area contributed by atoms with Crippen molar-refractivity contribution in [2.75, 3.05) is 13.2 Å². The highest BCUT2D eigenvalue weighted by Gasteiger charge is 2.19. The van der Waals surface area contributed by atoms with E-state index in [1.54, 1.807) is 0 Å². The maximum Gasteiger partial charge on any atom is 0.306 e. The number of carbonyl (C=O) groups is 3. The predicted octanol–water partition coefficient (Wildman–Crippen LogP) is 22.3. The van der Waals surface area contributed by atoms with Gasteiger partial charge in [-0.15, -0.1) is 0 Å². The molecule has 0 spiro atoms. The quantitative estimate of drug-likeness (QED) is 0.0261. The molecule has 0 amide bonds. The van der Waals surface area contributed by atoms with Crippen molar-refractivity contribution in [3.05, 3.63) is 60.8 Å². The normalized spacial score (nSPS) is 12.4. The Morgan fingerprint density at radius 2 is 0.520 bits per heavy atom. The molecule has 0 bridgehead atoms. The number of esters is 3. The summed E-state index contributed by atoms with van der Waals surface area (Å²) in [4.78, 5) is 38.3. The zero-order valence-corrected chi connectivity index (χ0v) is 50.1. The molecule has 0 N–H and O–H groups in total. The van der Waals surface area contributed by atoms with E-state index in [1.807, 2.05) is 0 Å². The second kappa shape index (κ2) is 63.6. The molecule has 0 aromatic rings. The molecular formula is C69H124O6. The van der Waals surface area contributed by atoms with Crippen LogP contribution in [-0.2, 0) is 28.6 Å². The van der Waals surface area contributed by atoms with Crippen LogP contribution in [0.2, 0.25) is 0 Å². The van der Waals surface area contributed by atoms with Gasteiger partial charge in [0.05, 0.1) is 0 Å². The molecule has 75 heavy (non-hydrogen) atoms. The summed E-state index contributed by atoms with van der Waals surface area (Å²) >= 11 is 0. The number of allylic oxidation sites excluding steroid dienone is 10. The summed E-state index contributed by atoms with van der Waals surface area (Å²) in [6.45, 7) is 6.54. The Labute approximate surface area is 466 Å². The number of unbranched alkanes of at least 4 members (excludes halogenated alkanes) is 39. The third-order valence-electron chi connectivity index (χ3n) is 14.5. The van der Waals surface area contributed by atoms with Crippen molar-refractivity contribution >= 4 is 17.9 Å². The number of carbonyl (C=O) groups excluding carboxylic acids is 3. The van der Waals surface area contributed by atoms with E-state index in [4.69, 9.17) is 14.2 Å². The number of rotatable bonds is 60. The highest BCUT2D eigenvalue weighted by Crippen LogP contribution is 2.18. The Hall–Kier alpha value is -2.89. The van der Waals surface area contributed by atoms with Crippen molar-refractivity contribution in [3.8, 4) is 0 Å². The molecule has 0 saturated heterocycles. The van der Waals surface area contributed by atoms with E-state index >= 15 is 0 Å². The minimum absolute atomic E-state index is 0.0844. The lowest BCUT2D eigenvalue weighted by atomic mass is 10.0. The van der Waals surface area contributed by atoms with Crippen LogP contribution in [0, 0.1) is 0 Å². The molecule has 0 radical (unpaired) electrons. The number of hydrogen-bond acceptors (Lipinski definition) is 6. The lowest BCUT2D eigenvalue weighted by Gasteiger charge is -2.18. The maximum atomic E-state index is 12.9. The third-order valence-corrected chi connectivity index (χ3v) is 14.5. The summed E-state index contributed by atoms with van der Waals surface area (Å²) in [7, 11) is 0. The Bertz CT molecular complexity index is 1340. The van der Waals surface area contributed by atoms with E-state index in [-0.39, 0.29) is 31.1 Å². The number of hydrogen-bond donors (Lipinski definition) is 0. The molecular weight excluding hydrogens is 925 g/mol. The molecule has 0 aliphatic rings. The summed E-state index contributed by atoms with van der Waals surface area (Å²) in [5.74, 6) is -0.908. The molecule has 0 heterocycles. The van der Waals surface area contributed by atoms with Crippen LogP contribution in [0.3, 0.4) is 0 Å². The monoisotopic (exact) mass is 1050 g/mol. The highest BCUT2D eigenvalue weighted by atomic mass is 16.6. The molecule has 0 aromatic heterocycles. The van der Waals surface area contributed by atoms with Gasteiger partial charge in [-0.1, -0.05) is 300 Å². The second-order valence-corrected chi connectivity index (χ2v) is 22.0. The topological polar surface area (TPSA) is 78.9 Å². The summed E-state index contributed by atoms with van der Waals surface area (Å²) in [6, 6.07) is 0. The third kappa shape index (κ3) is 61.8. The van der Waals surface area contributed by atoms with Crippen LogP contribution in [0.5, 0.6) is 0 Å². The first kappa shape index (κ1) is 72.1. The van der Waals surface area contributed by atoms with Gasteiger partial charge in [0.25, 0.3) is 0 Å². The average molecular weight is 1050 g/mol. The molecule has 6 heteroatoms. The van der Waals surface area contributed by atoms with E-state index < -0.39 is 6.10 Å². The van der Waals surface area contributed by atoms with Gasteiger partial charge < -0.3 is 14.2 Å². The van der Waals surface area contributed by atoms with Crippen molar-refractivity contribution in [2.45, 2.75) is 348 Å². The van der Waals surface area contributed by atoms with Crippen molar-refractivity contribution < 1.29 is 28.6 Å². The average Bonchev–Trinajstić information content (AvgIpc) is 3.41. The Balaban J connectivity index is 4.34. The van der Waals surface area contributed by atoms with E-state index in [0.29, 0.717) is 19.3 Å². The van der Waals surface area contributed by atoms with Gasteiger partial charge in [0.1, 0.15) is 13.2 Å². The van der Waals surface area contributed by atoms with Crippen molar-refractivity contribution in [2.24, 2.45) is 0 Å². The smallest absolute Gasteiger partial charge is 0.306 e. The molecule has 0 aromatic carbocycles. The standard InChI is InChI=1S/C69H124O6/c1-4-7-10-13-16-19-22-25-28-30-32-34-36-38-41-44-47-50-53-56-59-62-68(71)74-65-66(64-73-67(70)61-58-55-52-49-46-43-40-27-24-21-18-15-12-9-6-3)75-69(72)63-60-57-54-51-48-45-42-39-37-35-33-31-29-26-23-20-17-14-11-8-5-2/h9,12,18,21,25,27-28,40,46,49,66H,4-8,10-11,13-17,19-20,22-24,26,29-39,41-45,47-48,50-65H2,1-3H3/b12-9-,21-18-,28-25-,40-27-,49-46-/t66-/m1/s1. The lowest BCUT2D eigenvalue weighted by molar-refractivity contribution is -0.167. The maximum absolute atomic E-state index is 12.9. The van der Waals surface area contributed by atoms with Gasteiger partial charge >= 0.3 is 17.9 Å². The van der Waals surface area contributed by atoms with Crippen LogP contribution >= 0.6 is 0 Å². The second-order valence-electron chi connectivity index (χ2n) is 22.0. The zero-order valence-electron chi connectivity index (χ0n) is 50.1. The van der Waals surface area contributed by atoms with Crippen LogP contribution in [0.1, 0.15) is 342 Å². The van der Waals surface area contributed by atoms with Crippen molar-refractivity contribution in [3.63, 3.8) is 0 Å². The minimum atomic E-state index is -0.791. The first-order valence-corrected chi connectivity index (χ1v) is 32.8. The van der Waals surface area contributed by atoms with Gasteiger partial charge in [-0.3, -0.25) is 14.4 Å². The molecule has 0 rings (SSSR count). The van der Waals surface area contributed by atoms with Crippen LogP contribution in [0.4, 0.5) is 0 Å². The molecule has 0 saturated carbocycles. The van der Waals surface area contributed by atoms with Gasteiger partial charge in [0.2, 0.25) is 0 Å². The summed E-state index contributed by atoms with van der Waals surface area (Å²) in [5.41, 5.74) is 0. The Morgan fingerprint density at radius 3 is 0.853 bits per heavy atom. The fourth-order valence-electron chi connectivity index (χ4n) is 9.61. The van der Waals surface area contributed by atoms with Crippen LogP contribution in [0.25, 0.3) is 0 Å². The van der Waals surface area contributed by atoms with E-state index in [0.717, 1.165) is 83.5 Å². The van der Waals surface area contributed by atoms with Gasteiger partial charge in [0.15, 0.2) is 6.10 Å². The van der Waals surface area contributed by atoms with Gasteiger partial charge in [-0.2, -0.15) is 0 Å². The molecule has 436 valence electrons. The van der Waals surface area contributed by atoms with Gasteiger partial charge in [0, 0.05) is 19.3 Å². The van der Waals surface area contributed by atoms with E-state index in [2.05, 4.69) is 81.5 Å². The minimum Gasteiger partial charge on any atom is -0.462 e. The molecule has 0 unspecified atom stereocenters. The Kier molecular flexibility index (Phi) is 61.2. The molecule has 0 aliphatic heterocycles. The van der Waals surface area contributed by atoms with Gasteiger partial charge in [-0.05, 0) is 83.5 Å². The first-order chi connectivity index (χ1) is 37.0. The summed E-state index contributed by atoms with van der Waals surface area (Å²) in [5, 5.41) is 0. The molecule has 1 atom stereocenters. The van der Waals surface area contributed by atoms with E-state index in [9.17, 15) is 14.4 Å². The van der Waals surface area contributed by atoms with E-state index in [1.165, 1.54) is 218 Å². The van der Waals surface area contributed by atoms with Crippen LogP contribution < -0.4 is 0 Å². The fraction of sp³-hybridized carbons (Fsp3) is 0.812. The highest BCUT2D eigenvalue weighted by molar-refractivity contribution is 5.71. The summed E-state index contributed by atoms with van der Waals surface area (Å²) < 4.78 is 16.9. The summed E-state index contributed by atoms with van der Waals surface area (Å²) in [6.07, 6.45) is 80.9.